The van der Waals surface area contributed by atoms with Crippen molar-refractivity contribution in [1.82, 2.24) is 10.1 Å². The molecule has 9 heteroatoms. The predicted octanol–water partition coefficient (Wildman–Crippen LogP) is 3.76. The van der Waals surface area contributed by atoms with Gasteiger partial charge in [0.25, 0.3) is 0 Å². The lowest BCUT2D eigenvalue weighted by atomic mass is 10.1. The minimum absolute atomic E-state index is 0.126. The first kappa shape index (κ1) is 16.9. The minimum Gasteiger partial charge on any atom is -0.329 e. The number of benzene rings is 1. The van der Waals surface area contributed by atoms with Crippen molar-refractivity contribution in [3.63, 3.8) is 0 Å². The highest BCUT2D eigenvalue weighted by atomic mass is 32.2. The highest BCUT2D eigenvalue weighted by Gasteiger charge is 2.38. The van der Waals surface area contributed by atoms with E-state index in [0.717, 1.165) is 18.4 Å². The molecule has 1 aromatic heterocycles. The van der Waals surface area contributed by atoms with Gasteiger partial charge in [-0.2, -0.15) is 18.2 Å². The number of alkyl halides is 3. The lowest BCUT2D eigenvalue weighted by Gasteiger charge is -2.03. The van der Waals surface area contributed by atoms with Crippen LogP contribution in [0.2, 0.25) is 0 Å². The third-order valence-corrected chi connectivity index (χ3v) is 5.41. The Kier molecular flexibility index (Phi) is 4.37. The second kappa shape index (κ2) is 6.19. The van der Waals surface area contributed by atoms with Gasteiger partial charge in [-0.05, 0) is 24.3 Å². The number of hydrogen-bond acceptors (Lipinski definition) is 5. The van der Waals surface area contributed by atoms with E-state index < -0.39 is 21.8 Å². The molecule has 1 saturated carbocycles. The minimum atomic E-state index is -4.66. The first-order valence-corrected chi connectivity index (χ1v) is 9.48. The van der Waals surface area contributed by atoms with Gasteiger partial charge in [-0.1, -0.05) is 29.4 Å². The summed E-state index contributed by atoms with van der Waals surface area (Å²) in [6.45, 7) is 0.308. The summed E-state index contributed by atoms with van der Waals surface area (Å²) in [7, 11) is -2.18. The summed E-state index contributed by atoms with van der Waals surface area (Å²) in [5.74, 6) is -0.329. The third kappa shape index (κ3) is 4.34. The number of hydrogen-bond donors (Lipinski definition) is 0. The molecule has 1 aliphatic rings. The van der Waals surface area contributed by atoms with Crippen LogP contribution in [0.4, 0.5) is 13.2 Å². The van der Waals surface area contributed by atoms with Crippen molar-refractivity contribution in [2.45, 2.75) is 25.6 Å². The second-order valence-electron chi connectivity index (χ2n) is 5.97. The van der Waals surface area contributed by atoms with Crippen LogP contribution in [0.5, 0.6) is 0 Å². The van der Waals surface area contributed by atoms with Gasteiger partial charge < -0.3 is 4.52 Å². The molecule has 0 spiro atoms. The highest BCUT2D eigenvalue weighted by molar-refractivity contribution is 7.92. The van der Waals surface area contributed by atoms with Crippen molar-refractivity contribution >= 4 is 9.73 Å². The van der Waals surface area contributed by atoms with Crippen LogP contribution < -0.4 is 0 Å². The molecule has 1 unspecified atom stereocenters. The Bertz CT molecular complexity index is 832. The van der Waals surface area contributed by atoms with Gasteiger partial charge in [0, 0.05) is 27.3 Å². The second-order valence-corrected chi connectivity index (χ2v) is 8.48. The van der Waals surface area contributed by atoms with Crippen LogP contribution >= 0.6 is 0 Å². The van der Waals surface area contributed by atoms with E-state index in [2.05, 4.69) is 19.0 Å². The zero-order valence-corrected chi connectivity index (χ0v) is 13.7. The molecule has 24 heavy (non-hydrogen) atoms. The molecule has 3 rings (SSSR count). The van der Waals surface area contributed by atoms with Gasteiger partial charge in [0.2, 0.25) is 5.82 Å². The maximum atomic E-state index is 12.5. The number of halogens is 3. The summed E-state index contributed by atoms with van der Waals surface area (Å²) in [4.78, 5) is 3.33. The average molecular weight is 359 g/mol. The fourth-order valence-corrected chi connectivity index (χ4v) is 3.94. The van der Waals surface area contributed by atoms with Gasteiger partial charge in [0.05, 0.1) is 6.54 Å². The molecule has 0 amide bonds. The topological polar surface area (TPSA) is 68.3 Å². The van der Waals surface area contributed by atoms with Gasteiger partial charge in [-0.3, -0.25) is 4.21 Å². The van der Waals surface area contributed by atoms with Gasteiger partial charge in [0.15, 0.2) is 0 Å². The van der Waals surface area contributed by atoms with Gasteiger partial charge in [0.1, 0.15) is 0 Å². The third-order valence-electron chi connectivity index (χ3n) is 3.64. The summed E-state index contributed by atoms with van der Waals surface area (Å²) in [5, 5.41) is 3.33. The summed E-state index contributed by atoms with van der Waals surface area (Å²) >= 11 is 0. The van der Waals surface area contributed by atoms with Crippen molar-refractivity contribution in [3.05, 3.63) is 35.7 Å². The number of nitrogens with zero attached hydrogens (tertiary/aromatic N) is 3. The standard InChI is InChI=1S/C15H16F3N3O2S/c1-24(22,9-11-2-3-11)19-8-10-4-6-12(7-5-10)13-20-14(23-21-13)15(16,17)18/h4-7,11H,2-3,8-9H2,1H3. The molecule has 0 aliphatic heterocycles. The Balaban J connectivity index is 1.70. The zero-order valence-electron chi connectivity index (χ0n) is 12.9. The van der Waals surface area contributed by atoms with Crippen LogP contribution in [0.3, 0.4) is 0 Å². The Morgan fingerprint density at radius 3 is 2.50 bits per heavy atom. The molecule has 1 heterocycles. The van der Waals surface area contributed by atoms with Crippen molar-refractivity contribution in [3.8, 4) is 11.4 Å². The van der Waals surface area contributed by atoms with E-state index in [-0.39, 0.29) is 5.82 Å². The van der Waals surface area contributed by atoms with Crippen LogP contribution in [-0.2, 0) is 22.5 Å². The first-order valence-electron chi connectivity index (χ1n) is 7.39. The maximum absolute atomic E-state index is 12.5. The summed E-state index contributed by atoms with van der Waals surface area (Å²) in [6.07, 6.45) is -0.746. The van der Waals surface area contributed by atoms with E-state index in [1.807, 2.05) is 0 Å². The molecule has 1 aliphatic carbocycles. The quantitative estimate of drug-likeness (QED) is 0.815. The van der Waals surface area contributed by atoms with E-state index in [9.17, 15) is 17.4 Å². The van der Waals surface area contributed by atoms with Crippen LogP contribution in [0.1, 0.15) is 24.3 Å². The summed E-state index contributed by atoms with van der Waals surface area (Å²) in [5.41, 5.74) is 1.23. The lowest BCUT2D eigenvalue weighted by molar-refractivity contribution is -0.159. The molecule has 0 N–H and O–H groups in total. The number of aromatic nitrogens is 2. The average Bonchev–Trinajstić information content (AvgIpc) is 3.15. The molecule has 0 radical (unpaired) electrons. The van der Waals surface area contributed by atoms with Crippen LogP contribution in [0, 0.1) is 5.92 Å². The van der Waals surface area contributed by atoms with Crippen molar-refractivity contribution in [1.29, 1.82) is 0 Å². The van der Waals surface area contributed by atoms with E-state index in [1.54, 1.807) is 30.5 Å². The van der Waals surface area contributed by atoms with Gasteiger partial charge in [-0.25, -0.2) is 4.36 Å². The smallest absolute Gasteiger partial charge is 0.329 e. The molecule has 5 nitrogen and oxygen atoms in total. The molecular formula is C15H16F3N3O2S. The van der Waals surface area contributed by atoms with Crippen LogP contribution in [-0.4, -0.2) is 26.4 Å². The lowest BCUT2D eigenvalue weighted by Crippen LogP contribution is -2.05. The molecule has 2 aromatic rings. The Morgan fingerprint density at radius 1 is 1.29 bits per heavy atom. The normalized spacial score (nSPS) is 17.5. The van der Waals surface area contributed by atoms with Crippen molar-refractivity contribution < 1.29 is 21.9 Å². The fraction of sp³-hybridized carbons (Fsp3) is 0.467. The monoisotopic (exact) mass is 359 g/mol. The Labute approximate surface area is 137 Å². The molecule has 0 bridgehead atoms. The van der Waals surface area contributed by atoms with Crippen LogP contribution in [0.15, 0.2) is 33.2 Å². The fourth-order valence-electron chi connectivity index (χ4n) is 2.20. The molecule has 1 aromatic carbocycles. The van der Waals surface area contributed by atoms with E-state index in [1.165, 1.54) is 0 Å². The van der Waals surface area contributed by atoms with E-state index in [4.69, 9.17) is 0 Å². The van der Waals surface area contributed by atoms with Gasteiger partial charge in [-0.15, -0.1) is 0 Å². The Hall–Kier alpha value is -1.90. The maximum Gasteiger partial charge on any atom is 0.471 e. The molecule has 0 saturated heterocycles. The Morgan fingerprint density at radius 2 is 1.96 bits per heavy atom. The highest BCUT2D eigenvalue weighted by Crippen LogP contribution is 2.31. The van der Waals surface area contributed by atoms with Gasteiger partial charge >= 0.3 is 12.1 Å². The largest absolute Gasteiger partial charge is 0.471 e. The predicted molar refractivity (Wildman–Crippen MR) is 82.5 cm³/mol. The van der Waals surface area contributed by atoms with E-state index >= 15 is 0 Å². The summed E-state index contributed by atoms with van der Waals surface area (Å²) < 4.78 is 58.1. The summed E-state index contributed by atoms with van der Waals surface area (Å²) in [6, 6.07) is 6.59. The number of rotatable bonds is 5. The van der Waals surface area contributed by atoms with Crippen molar-refractivity contribution in [2.75, 3.05) is 12.0 Å². The zero-order chi connectivity index (χ0) is 17.4. The van der Waals surface area contributed by atoms with E-state index in [0.29, 0.717) is 23.8 Å². The SMILES string of the molecule is CS(=O)(CC1CC1)=NCc1ccc(-c2noc(C(F)(F)F)n2)cc1. The molecule has 1 fully saturated rings. The molecule has 1 atom stereocenters. The molecular weight excluding hydrogens is 343 g/mol. The molecule has 130 valence electrons. The van der Waals surface area contributed by atoms with Crippen LogP contribution in [0.25, 0.3) is 11.4 Å². The van der Waals surface area contributed by atoms with Crippen molar-refractivity contribution in [2.24, 2.45) is 10.3 Å². The first-order chi connectivity index (χ1) is 11.2.